The van der Waals surface area contributed by atoms with Gasteiger partial charge in [-0.2, -0.15) is 0 Å². The molecule has 1 atom stereocenters. The van der Waals surface area contributed by atoms with Crippen molar-refractivity contribution in [2.24, 2.45) is 0 Å². The minimum atomic E-state index is -0.226. The van der Waals surface area contributed by atoms with E-state index in [1.165, 1.54) is 0 Å². The zero-order chi connectivity index (χ0) is 19.1. The molecule has 0 radical (unpaired) electrons. The lowest BCUT2D eigenvalue weighted by molar-refractivity contribution is 0.0719. The van der Waals surface area contributed by atoms with Crippen molar-refractivity contribution in [3.05, 3.63) is 53.1 Å². The minimum Gasteiger partial charge on any atom is -0.495 e. The fourth-order valence-corrected chi connectivity index (χ4v) is 3.96. The lowest BCUT2D eigenvalue weighted by Crippen LogP contribution is -2.50. The van der Waals surface area contributed by atoms with E-state index in [4.69, 9.17) is 4.74 Å². The topological polar surface area (TPSA) is 61.9 Å². The SMILES string of the molecule is COc1ccc(C)cc1NC(=O)c1ccc2c(c1)N(C)[C@H]1CCCN1C2=O. The Morgan fingerprint density at radius 1 is 1.22 bits per heavy atom. The van der Waals surface area contributed by atoms with E-state index < -0.39 is 0 Å². The molecule has 6 nitrogen and oxygen atoms in total. The van der Waals surface area contributed by atoms with Crippen molar-refractivity contribution in [3.8, 4) is 5.75 Å². The summed E-state index contributed by atoms with van der Waals surface area (Å²) in [6.07, 6.45) is 2.05. The molecule has 2 aliphatic heterocycles. The van der Waals surface area contributed by atoms with E-state index in [1.54, 1.807) is 25.3 Å². The molecule has 1 N–H and O–H groups in total. The van der Waals surface area contributed by atoms with Gasteiger partial charge in [0, 0.05) is 19.2 Å². The summed E-state index contributed by atoms with van der Waals surface area (Å²) in [4.78, 5) is 29.6. The lowest BCUT2D eigenvalue weighted by Gasteiger charge is -2.40. The molecule has 27 heavy (non-hydrogen) atoms. The van der Waals surface area contributed by atoms with Crippen molar-refractivity contribution in [1.82, 2.24) is 4.90 Å². The summed E-state index contributed by atoms with van der Waals surface area (Å²) in [5.74, 6) is 0.440. The molecule has 0 unspecified atom stereocenters. The third-order valence-corrected chi connectivity index (χ3v) is 5.40. The number of methoxy groups -OCH3 is 1. The quantitative estimate of drug-likeness (QED) is 0.907. The number of ether oxygens (including phenoxy) is 1. The van der Waals surface area contributed by atoms with E-state index >= 15 is 0 Å². The molecule has 0 aromatic heterocycles. The number of fused-ring (bicyclic) bond motifs is 2. The van der Waals surface area contributed by atoms with Crippen LogP contribution in [0.4, 0.5) is 11.4 Å². The van der Waals surface area contributed by atoms with Crippen LogP contribution in [0.3, 0.4) is 0 Å². The van der Waals surface area contributed by atoms with Crippen LogP contribution in [-0.4, -0.2) is 43.6 Å². The highest BCUT2D eigenvalue weighted by Gasteiger charge is 2.38. The van der Waals surface area contributed by atoms with Gasteiger partial charge in [-0.15, -0.1) is 0 Å². The first kappa shape index (κ1) is 17.4. The molecule has 0 aliphatic carbocycles. The number of hydrogen-bond acceptors (Lipinski definition) is 4. The van der Waals surface area contributed by atoms with Crippen LogP contribution in [0.5, 0.6) is 5.75 Å². The highest BCUT2D eigenvalue weighted by atomic mass is 16.5. The smallest absolute Gasteiger partial charge is 0.257 e. The summed E-state index contributed by atoms with van der Waals surface area (Å²) in [6, 6.07) is 10.9. The van der Waals surface area contributed by atoms with Crippen molar-refractivity contribution in [3.63, 3.8) is 0 Å². The zero-order valence-electron chi connectivity index (χ0n) is 15.8. The molecule has 6 heteroatoms. The molecule has 0 bridgehead atoms. The number of anilines is 2. The highest BCUT2D eigenvalue weighted by molar-refractivity contribution is 6.08. The number of amides is 2. The van der Waals surface area contributed by atoms with E-state index in [0.29, 0.717) is 22.6 Å². The van der Waals surface area contributed by atoms with Gasteiger partial charge in [-0.3, -0.25) is 9.59 Å². The number of hydrogen-bond donors (Lipinski definition) is 1. The second-order valence-electron chi connectivity index (χ2n) is 7.12. The monoisotopic (exact) mass is 365 g/mol. The molecule has 1 saturated heterocycles. The van der Waals surface area contributed by atoms with Gasteiger partial charge in [0.1, 0.15) is 11.9 Å². The molecule has 4 rings (SSSR count). The predicted octanol–water partition coefficient (Wildman–Crippen LogP) is 3.27. The standard InChI is InChI=1S/C21H23N3O3/c1-13-6-9-18(27-3)16(11-13)22-20(25)14-7-8-15-17(12-14)23(2)19-5-4-10-24(19)21(15)26/h6-9,11-12,19H,4-5,10H2,1-3H3,(H,22,25)/t19-/m1/s1. The largest absolute Gasteiger partial charge is 0.495 e. The van der Waals surface area contributed by atoms with Crippen LogP contribution in [0.15, 0.2) is 36.4 Å². The van der Waals surface area contributed by atoms with Crippen LogP contribution >= 0.6 is 0 Å². The zero-order valence-corrected chi connectivity index (χ0v) is 15.8. The number of nitrogens with one attached hydrogen (secondary N) is 1. The maximum absolute atomic E-state index is 12.8. The lowest BCUT2D eigenvalue weighted by atomic mass is 10.0. The number of nitrogens with zero attached hydrogens (tertiary/aromatic N) is 2. The van der Waals surface area contributed by atoms with Crippen molar-refractivity contribution >= 4 is 23.2 Å². The fraction of sp³-hybridized carbons (Fsp3) is 0.333. The molecule has 2 amide bonds. The van der Waals surface area contributed by atoms with Crippen LogP contribution in [-0.2, 0) is 0 Å². The first-order chi connectivity index (χ1) is 13.0. The average molecular weight is 365 g/mol. The Bertz CT molecular complexity index is 925. The van der Waals surface area contributed by atoms with Gasteiger partial charge in [0.05, 0.1) is 24.0 Å². The molecule has 2 aliphatic rings. The molecule has 2 heterocycles. The second-order valence-corrected chi connectivity index (χ2v) is 7.12. The Morgan fingerprint density at radius 3 is 2.81 bits per heavy atom. The predicted molar refractivity (Wildman–Crippen MR) is 105 cm³/mol. The normalized spacial score (nSPS) is 18.2. The van der Waals surface area contributed by atoms with Crippen molar-refractivity contribution in [2.75, 3.05) is 30.9 Å². The Morgan fingerprint density at radius 2 is 2.04 bits per heavy atom. The summed E-state index contributed by atoms with van der Waals surface area (Å²) in [7, 11) is 3.56. The fourth-order valence-electron chi connectivity index (χ4n) is 3.96. The summed E-state index contributed by atoms with van der Waals surface area (Å²) >= 11 is 0. The van der Waals surface area contributed by atoms with Crippen molar-refractivity contribution < 1.29 is 14.3 Å². The molecule has 2 aromatic carbocycles. The van der Waals surface area contributed by atoms with Crippen LogP contribution < -0.4 is 15.0 Å². The summed E-state index contributed by atoms with van der Waals surface area (Å²) < 4.78 is 5.33. The Balaban J connectivity index is 1.65. The van der Waals surface area contributed by atoms with E-state index in [1.807, 2.05) is 37.1 Å². The maximum Gasteiger partial charge on any atom is 0.257 e. The van der Waals surface area contributed by atoms with Crippen LogP contribution in [0.1, 0.15) is 39.1 Å². The first-order valence-electron chi connectivity index (χ1n) is 9.13. The van der Waals surface area contributed by atoms with E-state index in [-0.39, 0.29) is 18.0 Å². The van der Waals surface area contributed by atoms with Gasteiger partial charge in [-0.05, 0) is 55.7 Å². The van der Waals surface area contributed by atoms with Crippen LogP contribution in [0.25, 0.3) is 0 Å². The highest BCUT2D eigenvalue weighted by Crippen LogP contribution is 2.35. The van der Waals surface area contributed by atoms with Gasteiger partial charge < -0.3 is 19.9 Å². The van der Waals surface area contributed by atoms with Gasteiger partial charge in [-0.1, -0.05) is 6.07 Å². The number of carbonyl (C=O) groups excluding carboxylic acids is 2. The van der Waals surface area contributed by atoms with Crippen molar-refractivity contribution in [1.29, 1.82) is 0 Å². The first-order valence-corrected chi connectivity index (χ1v) is 9.13. The molecule has 0 saturated carbocycles. The average Bonchev–Trinajstić information content (AvgIpc) is 3.16. The minimum absolute atomic E-state index is 0.0536. The molecule has 140 valence electrons. The number of rotatable bonds is 3. The third kappa shape index (κ3) is 2.91. The summed E-state index contributed by atoms with van der Waals surface area (Å²) in [5, 5.41) is 2.92. The summed E-state index contributed by atoms with van der Waals surface area (Å²) in [6.45, 7) is 2.75. The third-order valence-electron chi connectivity index (χ3n) is 5.40. The molecule has 1 fully saturated rings. The van der Waals surface area contributed by atoms with Crippen LogP contribution in [0, 0.1) is 6.92 Å². The molecule has 0 spiro atoms. The van der Waals surface area contributed by atoms with Gasteiger partial charge >= 0.3 is 0 Å². The number of benzene rings is 2. The Kier molecular flexibility index (Phi) is 4.26. The molecular weight excluding hydrogens is 342 g/mol. The molecular formula is C21H23N3O3. The van der Waals surface area contributed by atoms with Gasteiger partial charge in [-0.25, -0.2) is 0 Å². The number of aryl methyl sites for hydroxylation is 1. The Hall–Kier alpha value is -3.02. The van der Waals surface area contributed by atoms with Gasteiger partial charge in [0.15, 0.2) is 0 Å². The Labute approximate surface area is 158 Å². The van der Waals surface area contributed by atoms with Gasteiger partial charge in [0.2, 0.25) is 0 Å². The maximum atomic E-state index is 12.8. The second kappa shape index (κ2) is 6.61. The van der Waals surface area contributed by atoms with Gasteiger partial charge in [0.25, 0.3) is 11.8 Å². The van der Waals surface area contributed by atoms with E-state index in [0.717, 1.165) is 30.6 Å². The van der Waals surface area contributed by atoms with E-state index in [9.17, 15) is 9.59 Å². The number of carbonyl (C=O) groups is 2. The van der Waals surface area contributed by atoms with Crippen molar-refractivity contribution in [2.45, 2.75) is 25.9 Å². The van der Waals surface area contributed by atoms with E-state index in [2.05, 4.69) is 10.2 Å². The summed E-state index contributed by atoms with van der Waals surface area (Å²) in [5.41, 5.74) is 3.64. The molecule has 2 aromatic rings. The van der Waals surface area contributed by atoms with Crippen LogP contribution in [0.2, 0.25) is 0 Å².